The number of rotatable bonds is 1. The first-order valence-electron chi connectivity index (χ1n) is 9.93. The molecule has 1 N–H and O–H groups in total. The second-order valence-electron chi connectivity index (χ2n) is 8.76. The molecule has 31 heavy (non-hydrogen) atoms. The number of carbonyl (C=O) groups is 2. The molecule has 0 bridgehead atoms. The van der Waals surface area contributed by atoms with E-state index in [9.17, 15) is 14.9 Å². The number of fused-ring (bicyclic) bond motifs is 1. The van der Waals surface area contributed by atoms with Crippen LogP contribution in [0.4, 0.5) is 11.4 Å². The van der Waals surface area contributed by atoms with Gasteiger partial charge in [0.1, 0.15) is 0 Å². The van der Waals surface area contributed by atoms with E-state index >= 15 is 0 Å². The minimum atomic E-state index is -0.706. The molecule has 1 amide bonds. The van der Waals surface area contributed by atoms with Crippen LogP contribution < -0.4 is 10.2 Å². The summed E-state index contributed by atoms with van der Waals surface area (Å²) in [5.41, 5.74) is 3.31. The van der Waals surface area contributed by atoms with E-state index in [1.54, 1.807) is 41.3 Å². The summed E-state index contributed by atoms with van der Waals surface area (Å²) in [5, 5.41) is 13.6. The predicted octanol–water partition coefficient (Wildman–Crippen LogP) is 6.03. The van der Waals surface area contributed by atoms with E-state index in [0.29, 0.717) is 51.0 Å². The average molecular weight is 454 g/mol. The first-order valence-corrected chi connectivity index (χ1v) is 10.7. The molecule has 0 saturated heterocycles. The van der Waals surface area contributed by atoms with Gasteiger partial charge in [-0.1, -0.05) is 43.1 Å². The maximum atomic E-state index is 13.4. The number of amides is 1. The molecule has 2 aliphatic rings. The fourth-order valence-corrected chi connectivity index (χ4v) is 4.99. The van der Waals surface area contributed by atoms with Crippen molar-refractivity contribution in [1.29, 1.82) is 5.26 Å². The van der Waals surface area contributed by atoms with Crippen molar-refractivity contribution in [1.82, 2.24) is 0 Å². The van der Waals surface area contributed by atoms with Crippen molar-refractivity contribution >= 4 is 46.3 Å². The van der Waals surface area contributed by atoms with Crippen LogP contribution in [0.1, 0.15) is 50.8 Å². The van der Waals surface area contributed by atoms with Gasteiger partial charge in [0.05, 0.1) is 29.0 Å². The predicted molar refractivity (Wildman–Crippen MR) is 122 cm³/mol. The van der Waals surface area contributed by atoms with Crippen LogP contribution in [-0.4, -0.2) is 11.7 Å². The van der Waals surface area contributed by atoms with Gasteiger partial charge in [0.15, 0.2) is 5.78 Å². The van der Waals surface area contributed by atoms with Crippen molar-refractivity contribution in [2.24, 2.45) is 5.41 Å². The number of hydrogen-bond donors (Lipinski definition) is 1. The molecular weight excluding hydrogens is 433 g/mol. The normalized spacial score (nSPS) is 19.7. The summed E-state index contributed by atoms with van der Waals surface area (Å²) in [7, 11) is 0. The number of ketones is 1. The minimum absolute atomic E-state index is 0.0330. The van der Waals surface area contributed by atoms with E-state index in [0.717, 1.165) is 5.70 Å². The van der Waals surface area contributed by atoms with Crippen LogP contribution >= 0.6 is 23.2 Å². The number of hydrogen-bond acceptors (Lipinski definition) is 4. The molecule has 1 heterocycles. The van der Waals surface area contributed by atoms with Gasteiger partial charge in [-0.15, -0.1) is 0 Å². The van der Waals surface area contributed by atoms with Gasteiger partial charge in [-0.3, -0.25) is 14.5 Å². The molecule has 7 heteroatoms. The summed E-state index contributed by atoms with van der Waals surface area (Å²) in [6.07, 6.45) is 0.985. The number of halogens is 2. The Bertz CT molecular complexity index is 1190. The highest BCUT2D eigenvalue weighted by molar-refractivity contribution is 6.35. The van der Waals surface area contributed by atoms with Crippen LogP contribution in [0.25, 0.3) is 0 Å². The molecule has 0 aromatic heterocycles. The second-order valence-corrected chi connectivity index (χ2v) is 9.60. The quantitative estimate of drug-likeness (QED) is 0.571. The molecule has 0 spiro atoms. The van der Waals surface area contributed by atoms with E-state index in [1.165, 1.54) is 6.92 Å². The van der Waals surface area contributed by atoms with Crippen LogP contribution in [0.2, 0.25) is 10.0 Å². The Morgan fingerprint density at radius 2 is 1.94 bits per heavy atom. The first-order chi connectivity index (χ1) is 14.6. The van der Waals surface area contributed by atoms with Crippen LogP contribution in [-0.2, 0) is 9.59 Å². The van der Waals surface area contributed by atoms with Crippen molar-refractivity contribution in [3.8, 4) is 6.07 Å². The molecule has 2 aromatic rings. The molecule has 4 rings (SSSR count). The number of allylic oxidation sites excluding steroid dienone is 1. The molecule has 0 fully saturated rings. The van der Waals surface area contributed by atoms with Crippen molar-refractivity contribution < 1.29 is 9.59 Å². The van der Waals surface area contributed by atoms with Gasteiger partial charge in [0.25, 0.3) is 0 Å². The number of anilines is 2. The van der Waals surface area contributed by atoms with Gasteiger partial charge in [0, 0.05) is 34.7 Å². The highest BCUT2D eigenvalue weighted by Crippen LogP contribution is 2.49. The molecule has 158 valence electrons. The Labute approximate surface area is 191 Å². The number of carbonyl (C=O) groups excluding carboxylic acids is 2. The zero-order valence-electron chi connectivity index (χ0n) is 17.4. The second kappa shape index (κ2) is 7.71. The summed E-state index contributed by atoms with van der Waals surface area (Å²) in [6, 6.07) is 11.6. The lowest BCUT2D eigenvalue weighted by Gasteiger charge is -2.37. The third kappa shape index (κ3) is 3.82. The third-order valence-corrected chi connectivity index (χ3v) is 6.28. The lowest BCUT2D eigenvalue weighted by molar-refractivity contribution is -0.118. The Morgan fingerprint density at radius 1 is 1.19 bits per heavy atom. The zero-order chi connectivity index (χ0) is 22.5. The molecule has 1 atom stereocenters. The standard InChI is InChI=1S/C24H21Cl2N3O2/c1-13(30)29-20-7-4-14(12-27)8-18(20)28-19-10-24(2,3)11-21(31)22(19)23(29)16-6-5-15(25)9-17(16)26/h4-9,23,28H,10-11H2,1-3H3. The van der Waals surface area contributed by atoms with Crippen molar-refractivity contribution in [2.75, 3.05) is 10.2 Å². The van der Waals surface area contributed by atoms with E-state index in [2.05, 4.69) is 11.4 Å². The maximum Gasteiger partial charge on any atom is 0.224 e. The maximum absolute atomic E-state index is 13.4. The van der Waals surface area contributed by atoms with E-state index in [4.69, 9.17) is 23.2 Å². The summed E-state index contributed by atoms with van der Waals surface area (Å²) in [4.78, 5) is 28.0. The summed E-state index contributed by atoms with van der Waals surface area (Å²) in [6.45, 7) is 5.55. The number of nitrogens with zero attached hydrogens (tertiary/aromatic N) is 2. The fourth-order valence-electron chi connectivity index (χ4n) is 4.48. The van der Waals surface area contributed by atoms with Crippen molar-refractivity contribution in [2.45, 2.75) is 39.7 Å². The highest BCUT2D eigenvalue weighted by Gasteiger charge is 2.43. The Balaban J connectivity index is 2.05. The summed E-state index contributed by atoms with van der Waals surface area (Å²) < 4.78 is 0. The van der Waals surface area contributed by atoms with E-state index < -0.39 is 6.04 Å². The largest absolute Gasteiger partial charge is 0.357 e. The molecule has 1 unspecified atom stereocenters. The molecule has 5 nitrogen and oxygen atoms in total. The Hall–Kier alpha value is -2.81. The molecule has 0 saturated carbocycles. The van der Waals surface area contributed by atoms with Crippen molar-refractivity contribution in [3.05, 3.63) is 68.8 Å². The monoisotopic (exact) mass is 453 g/mol. The third-order valence-electron chi connectivity index (χ3n) is 5.72. The fraction of sp³-hybridized carbons (Fsp3) is 0.292. The number of nitriles is 1. The lowest BCUT2D eigenvalue weighted by atomic mass is 9.73. The summed E-state index contributed by atoms with van der Waals surface area (Å²) in [5.74, 6) is -0.274. The van der Waals surface area contributed by atoms with Crippen LogP contribution in [0.3, 0.4) is 0 Å². The lowest BCUT2D eigenvalue weighted by Crippen LogP contribution is -2.38. The van der Waals surface area contributed by atoms with E-state index in [-0.39, 0.29) is 17.1 Å². The molecule has 2 aromatic carbocycles. The van der Waals surface area contributed by atoms with Crippen LogP contribution in [0.15, 0.2) is 47.7 Å². The van der Waals surface area contributed by atoms with Crippen LogP contribution in [0, 0.1) is 16.7 Å². The van der Waals surface area contributed by atoms with Gasteiger partial charge < -0.3 is 5.32 Å². The average Bonchev–Trinajstić information content (AvgIpc) is 2.80. The van der Waals surface area contributed by atoms with Gasteiger partial charge in [-0.2, -0.15) is 5.26 Å². The smallest absolute Gasteiger partial charge is 0.224 e. The molecule has 0 radical (unpaired) electrons. The molecule has 1 aliphatic heterocycles. The SMILES string of the molecule is CC(=O)N1c2ccc(C#N)cc2NC2=C(C(=O)CC(C)(C)C2)C1c1ccc(Cl)cc1Cl. The molecular formula is C24H21Cl2N3O2. The minimum Gasteiger partial charge on any atom is -0.357 e. The van der Waals surface area contributed by atoms with Gasteiger partial charge in [-0.05, 0) is 47.7 Å². The highest BCUT2D eigenvalue weighted by atomic mass is 35.5. The topological polar surface area (TPSA) is 73.2 Å². The van der Waals surface area contributed by atoms with Gasteiger partial charge in [-0.25, -0.2) is 0 Å². The number of benzene rings is 2. The van der Waals surface area contributed by atoms with Crippen molar-refractivity contribution in [3.63, 3.8) is 0 Å². The Morgan fingerprint density at radius 3 is 2.58 bits per heavy atom. The number of nitrogens with one attached hydrogen (secondary N) is 1. The molecule has 1 aliphatic carbocycles. The van der Waals surface area contributed by atoms with Gasteiger partial charge >= 0.3 is 0 Å². The van der Waals surface area contributed by atoms with Gasteiger partial charge in [0.2, 0.25) is 5.91 Å². The zero-order valence-corrected chi connectivity index (χ0v) is 18.9. The first kappa shape index (κ1) is 21.4. The Kier molecular flexibility index (Phi) is 5.33. The van der Waals surface area contributed by atoms with E-state index in [1.807, 2.05) is 13.8 Å². The summed E-state index contributed by atoms with van der Waals surface area (Å²) >= 11 is 12.7. The van der Waals surface area contributed by atoms with Crippen LogP contribution in [0.5, 0.6) is 0 Å². The number of Topliss-reactive ketones (excluding diaryl/α,β-unsaturated/α-hetero) is 1.